The molecule has 3 aromatic rings. The summed E-state index contributed by atoms with van der Waals surface area (Å²) in [6, 6.07) is 22.3. The van der Waals surface area contributed by atoms with Crippen LogP contribution in [0.4, 0.5) is 11.4 Å². The molecule has 3 atom stereocenters. The Morgan fingerprint density at radius 2 is 1.84 bits per heavy atom. The average molecular weight is 432 g/mol. The minimum Gasteiger partial charge on any atom is -0.573 e. The number of ether oxygens (including phenoxy) is 1. The van der Waals surface area contributed by atoms with Crippen molar-refractivity contribution in [2.75, 3.05) is 12.4 Å². The summed E-state index contributed by atoms with van der Waals surface area (Å²) in [4.78, 5) is 0.218. The minimum absolute atomic E-state index is 0.124. The normalized spacial score (nSPS) is 21.6. The molecule has 5 nitrogen and oxygen atoms in total. The first-order valence-electron chi connectivity index (χ1n) is 10.3. The molecule has 0 amide bonds. The molecular weight excluding hydrogens is 408 g/mol. The number of hydrogen-bond acceptors (Lipinski definition) is 4. The van der Waals surface area contributed by atoms with Gasteiger partial charge in [0, 0.05) is 11.6 Å². The number of rotatable bonds is 5. The second-order valence-corrected chi connectivity index (χ2v) is 9.51. The second kappa shape index (κ2) is 7.78. The number of sulfonamides is 1. The van der Waals surface area contributed by atoms with E-state index in [0.29, 0.717) is 11.6 Å². The van der Waals surface area contributed by atoms with Gasteiger partial charge < -0.3 is 14.8 Å². The highest BCUT2D eigenvalue weighted by atomic mass is 32.2. The van der Waals surface area contributed by atoms with Gasteiger partial charge in [-0.1, -0.05) is 54.6 Å². The van der Waals surface area contributed by atoms with E-state index in [1.165, 1.54) is 5.56 Å². The lowest BCUT2D eigenvalue weighted by Crippen LogP contribution is -2.29. The molecule has 6 heteroatoms. The Balaban J connectivity index is 1.49. The zero-order valence-electron chi connectivity index (χ0n) is 17.1. The summed E-state index contributed by atoms with van der Waals surface area (Å²) in [7, 11) is -2.12. The molecule has 0 bridgehead atoms. The van der Waals surface area contributed by atoms with Crippen molar-refractivity contribution >= 4 is 21.4 Å². The van der Waals surface area contributed by atoms with E-state index in [4.69, 9.17) is 4.74 Å². The van der Waals surface area contributed by atoms with Crippen molar-refractivity contribution in [3.63, 3.8) is 0 Å². The topological polar surface area (TPSA) is 69.5 Å². The number of allylic oxidation sites excluding steroid dienone is 2. The number of methoxy groups -OCH3 is 1. The molecule has 0 fully saturated rings. The largest absolute Gasteiger partial charge is 0.573 e. The highest BCUT2D eigenvalue weighted by molar-refractivity contribution is 7.94. The molecule has 158 valence electrons. The molecule has 1 aliphatic heterocycles. The van der Waals surface area contributed by atoms with Crippen LogP contribution in [0.25, 0.3) is 4.72 Å². The van der Waals surface area contributed by atoms with Crippen LogP contribution < -0.4 is 10.1 Å². The fourth-order valence-electron chi connectivity index (χ4n) is 4.58. The van der Waals surface area contributed by atoms with Gasteiger partial charge >= 0.3 is 0 Å². The van der Waals surface area contributed by atoms with Crippen molar-refractivity contribution in [3.05, 3.63) is 101 Å². The average Bonchev–Trinajstić information content (AvgIpc) is 3.29. The van der Waals surface area contributed by atoms with E-state index >= 15 is 0 Å². The molecule has 0 radical (unpaired) electrons. The quantitative estimate of drug-likeness (QED) is 0.510. The van der Waals surface area contributed by atoms with Crippen LogP contribution in [-0.4, -0.2) is 15.5 Å². The third-order valence-corrected chi connectivity index (χ3v) is 7.37. The zero-order valence-corrected chi connectivity index (χ0v) is 17.9. The van der Waals surface area contributed by atoms with E-state index in [1.807, 2.05) is 24.3 Å². The molecule has 1 N–H and O–H groups in total. The molecule has 3 unspecified atom stereocenters. The second-order valence-electron chi connectivity index (χ2n) is 7.90. The molecule has 0 saturated carbocycles. The van der Waals surface area contributed by atoms with Gasteiger partial charge in [0.15, 0.2) is 0 Å². The maximum Gasteiger partial charge on any atom is 0.123 e. The van der Waals surface area contributed by atoms with Gasteiger partial charge in [0.05, 0.1) is 18.0 Å². The Bertz CT molecular complexity index is 1240. The minimum atomic E-state index is -3.79. The van der Waals surface area contributed by atoms with Crippen molar-refractivity contribution in [3.8, 4) is 5.75 Å². The van der Waals surface area contributed by atoms with Crippen LogP contribution in [0, 0.1) is 5.92 Å². The third kappa shape index (κ3) is 3.68. The Hall–Kier alpha value is -3.25. The summed E-state index contributed by atoms with van der Waals surface area (Å²) in [5.41, 5.74) is 3.55. The smallest absolute Gasteiger partial charge is 0.123 e. The Labute approximate surface area is 182 Å². The van der Waals surface area contributed by atoms with Gasteiger partial charge in [-0.25, -0.2) is 8.42 Å². The van der Waals surface area contributed by atoms with Gasteiger partial charge in [-0.15, -0.1) is 5.69 Å². The van der Waals surface area contributed by atoms with E-state index < -0.39 is 10.0 Å². The molecule has 1 aliphatic carbocycles. The van der Waals surface area contributed by atoms with E-state index in [1.54, 1.807) is 43.5 Å². The lowest BCUT2D eigenvalue weighted by Gasteiger charge is -2.38. The number of benzene rings is 3. The maximum absolute atomic E-state index is 12.9. The Morgan fingerprint density at radius 1 is 1.00 bits per heavy atom. The molecule has 5 rings (SSSR count). The summed E-state index contributed by atoms with van der Waals surface area (Å²) in [5, 5.41) is 3.64. The number of nitrogens with one attached hydrogen (secondary N) is 1. The van der Waals surface area contributed by atoms with Gasteiger partial charge in [0.2, 0.25) is 0 Å². The molecule has 0 aromatic heterocycles. The molecule has 2 aliphatic rings. The fourth-order valence-corrected chi connectivity index (χ4v) is 5.60. The van der Waals surface area contributed by atoms with Crippen LogP contribution in [0.5, 0.6) is 5.75 Å². The van der Waals surface area contributed by atoms with Crippen molar-refractivity contribution in [2.45, 2.75) is 23.3 Å². The Kier molecular flexibility index (Phi) is 4.94. The van der Waals surface area contributed by atoms with Crippen LogP contribution in [0.15, 0.2) is 89.8 Å². The van der Waals surface area contributed by atoms with Crippen molar-refractivity contribution in [2.24, 2.45) is 5.92 Å². The van der Waals surface area contributed by atoms with Gasteiger partial charge in [-0.3, -0.25) is 0 Å². The zero-order chi connectivity index (χ0) is 21.4. The first-order valence-corrected chi connectivity index (χ1v) is 11.7. The lowest BCUT2D eigenvalue weighted by molar-refractivity contribution is 0.406. The predicted molar refractivity (Wildman–Crippen MR) is 122 cm³/mol. The lowest BCUT2D eigenvalue weighted by atomic mass is 9.77. The third-order valence-electron chi connectivity index (χ3n) is 6.07. The summed E-state index contributed by atoms with van der Waals surface area (Å²) >= 11 is 0. The SMILES string of the molecule is COc1cccc(C2Nc3ccc(S(=O)(=O)[N-]c4ccccc4)cc3C3C=CCC32)c1. The van der Waals surface area contributed by atoms with Crippen LogP contribution in [0.1, 0.15) is 29.5 Å². The fraction of sp³-hybridized carbons (Fsp3) is 0.200. The van der Waals surface area contributed by atoms with Crippen LogP contribution in [0.3, 0.4) is 0 Å². The number of hydrogen-bond donors (Lipinski definition) is 1. The van der Waals surface area contributed by atoms with Gasteiger partial charge in [-0.05, 0) is 53.8 Å². The van der Waals surface area contributed by atoms with Gasteiger partial charge in [0.1, 0.15) is 15.8 Å². The highest BCUT2D eigenvalue weighted by Crippen LogP contribution is 2.50. The molecule has 3 aromatic carbocycles. The number of nitrogens with zero attached hydrogens (tertiary/aromatic N) is 1. The summed E-state index contributed by atoms with van der Waals surface area (Å²) in [6.07, 6.45) is 5.32. The van der Waals surface area contributed by atoms with E-state index in [-0.39, 0.29) is 16.9 Å². The maximum atomic E-state index is 12.9. The monoisotopic (exact) mass is 431 g/mol. The molecule has 0 spiro atoms. The van der Waals surface area contributed by atoms with E-state index in [2.05, 4.69) is 34.3 Å². The van der Waals surface area contributed by atoms with Crippen LogP contribution in [-0.2, 0) is 10.0 Å². The van der Waals surface area contributed by atoms with Crippen molar-refractivity contribution in [1.29, 1.82) is 0 Å². The van der Waals surface area contributed by atoms with E-state index in [0.717, 1.165) is 23.4 Å². The predicted octanol–water partition coefficient (Wildman–Crippen LogP) is 5.92. The summed E-state index contributed by atoms with van der Waals surface area (Å²) < 4.78 is 35.2. The summed E-state index contributed by atoms with van der Waals surface area (Å²) in [5.74, 6) is 1.29. The van der Waals surface area contributed by atoms with Crippen molar-refractivity contribution < 1.29 is 13.2 Å². The van der Waals surface area contributed by atoms with Crippen LogP contribution >= 0.6 is 0 Å². The first kappa shape index (κ1) is 19.7. The van der Waals surface area contributed by atoms with Gasteiger partial charge in [-0.2, -0.15) is 0 Å². The number of fused-ring (bicyclic) bond motifs is 3. The van der Waals surface area contributed by atoms with E-state index in [9.17, 15) is 8.42 Å². The highest BCUT2D eigenvalue weighted by Gasteiger charge is 2.38. The molecular formula is C25H23N2O3S-. The molecule has 1 heterocycles. The first-order chi connectivity index (χ1) is 15.0. The molecule has 0 saturated heterocycles. The molecule has 31 heavy (non-hydrogen) atoms. The van der Waals surface area contributed by atoms with Gasteiger partial charge in [0.25, 0.3) is 0 Å². The van der Waals surface area contributed by atoms with Crippen LogP contribution in [0.2, 0.25) is 0 Å². The standard InChI is InChI=1S/C25H23N2O3S/c1-30-19-10-5-7-17(15-19)25-22-12-6-11-21(22)23-16-20(13-14-24(23)26-25)31(28,29)27-18-8-3-2-4-9-18/h2-11,13-16,21-22,25-26H,12H2,1H3/q-1. The Morgan fingerprint density at radius 3 is 2.65 bits per heavy atom. The number of anilines is 1. The summed E-state index contributed by atoms with van der Waals surface area (Å²) in [6.45, 7) is 0. The van der Waals surface area contributed by atoms with Crippen molar-refractivity contribution in [1.82, 2.24) is 0 Å².